The van der Waals surface area contributed by atoms with Gasteiger partial charge in [0.2, 0.25) is 0 Å². The third kappa shape index (κ3) is 4.41. The van der Waals surface area contributed by atoms with Gasteiger partial charge >= 0.3 is 17.9 Å². The number of carbonyl (C=O) groups excluding carboxylic acids is 3. The fourth-order valence-electron chi connectivity index (χ4n) is 3.74. The monoisotopic (exact) mass is 447 g/mol. The van der Waals surface area contributed by atoms with Crippen LogP contribution in [0.2, 0.25) is 0 Å². The molecule has 2 aliphatic rings. The zero-order chi connectivity index (χ0) is 23.4. The molecule has 168 valence electrons. The van der Waals surface area contributed by atoms with Crippen molar-refractivity contribution in [1.82, 2.24) is 0 Å². The molecule has 0 aromatic heterocycles. The van der Waals surface area contributed by atoms with E-state index in [1.807, 2.05) is 30.3 Å². The molecule has 1 heterocycles. The van der Waals surface area contributed by atoms with Crippen molar-refractivity contribution >= 4 is 29.3 Å². The number of urea groups is 1. The van der Waals surface area contributed by atoms with Gasteiger partial charge in [-0.1, -0.05) is 48.6 Å². The molecule has 0 saturated carbocycles. The minimum Gasteiger partial charge on any atom is -0.493 e. The molecular weight excluding hydrogens is 424 g/mol. The summed E-state index contributed by atoms with van der Waals surface area (Å²) in [6.07, 6.45) is 6.82. The second-order valence-electron chi connectivity index (χ2n) is 7.37. The minimum atomic E-state index is -0.706. The van der Waals surface area contributed by atoms with E-state index in [9.17, 15) is 14.4 Å². The maximum atomic E-state index is 13.4. The van der Waals surface area contributed by atoms with Gasteiger partial charge in [-0.2, -0.15) is 9.37 Å². The highest BCUT2D eigenvalue weighted by molar-refractivity contribution is 6.26. The van der Waals surface area contributed by atoms with Gasteiger partial charge in [0.15, 0.2) is 18.0 Å². The predicted octanol–water partition coefficient (Wildman–Crippen LogP) is 3.11. The number of carbonyl (C=O) groups is 3. The van der Waals surface area contributed by atoms with E-state index in [1.165, 1.54) is 18.8 Å². The third-order valence-corrected chi connectivity index (χ3v) is 5.38. The molecule has 4 rings (SSSR count). The Morgan fingerprint density at radius 1 is 1.00 bits per heavy atom. The van der Waals surface area contributed by atoms with Crippen LogP contribution in [0.15, 0.2) is 72.8 Å². The third-order valence-electron chi connectivity index (χ3n) is 5.38. The molecule has 0 saturated heterocycles. The van der Waals surface area contributed by atoms with Crippen LogP contribution in [0.5, 0.6) is 11.5 Å². The van der Waals surface area contributed by atoms with Crippen LogP contribution in [0.25, 0.3) is 0 Å². The van der Waals surface area contributed by atoms with Gasteiger partial charge in [-0.15, -0.1) is 4.90 Å². The van der Waals surface area contributed by atoms with Gasteiger partial charge in [0.1, 0.15) is 23.9 Å². The first kappa shape index (κ1) is 22.0. The van der Waals surface area contributed by atoms with Crippen molar-refractivity contribution in [2.75, 3.05) is 25.7 Å². The van der Waals surface area contributed by atoms with E-state index in [-0.39, 0.29) is 13.2 Å². The van der Waals surface area contributed by atoms with Crippen molar-refractivity contribution in [2.24, 2.45) is 5.92 Å². The Labute approximate surface area is 191 Å². The van der Waals surface area contributed by atoms with Crippen LogP contribution in [-0.2, 0) is 20.9 Å². The molecule has 8 nitrogen and oxygen atoms in total. The highest BCUT2D eigenvalue weighted by Gasteiger charge is 2.48. The fourth-order valence-corrected chi connectivity index (χ4v) is 3.74. The maximum Gasteiger partial charge on any atom is 0.506 e. The Hall–Kier alpha value is -4.20. The van der Waals surface area contributed by atoms with Gasteiger partial charge in [0.25, 0.3) is 0 Å². The number of amides is 3. The number of ether oxygens (including phenoxy) is 3. The number of hydrogen-bond acceptors (Lipinski definition) is 6. The summed E-state index contributed by atoms with van der Waals surface area (Å²) < 4.78 is 17.2. The zero-order valence-electron chi connectivity index (χ0n) is 18.3. The SMILES string of the molecule is COc1ccc(N2C(=O)C3C=CC=CC3=[N+](CC(=O)OCc3ccccc3)C2=O)cc1OC. The van der Waals surface area contributed by atoms with Crippen LogP contribution in [0.1, 0.15) is 5.56 Å². The second kappa shape index (κ2) is 9.52. The van der Waals surface area contributed by atoms with E-state index in [1.54, 1.807) is 42.5 Å². The molecular formula is C25H23N2O6+. The Balaban J connectivity index is 1.63. The first-order chi connectivity index (χ1) is 16.0. The summed E-state index contributed by atoms with van der Waals surface area (Å²) in [4.78, 5) is 40.3. The molecule has 2 aromatic rings. The lowest BCUT2D eigenvalue weighted by atomic mass is 9.94. The number of nitrogens with zero attached hydrogens (tertiary/aromatic N) is 2. The van der Waals surface area contributed by atoms with Gasteiger partial charge in [-0.05, 0) is 23.8 Å². The molecule has 2 aromatic carbocycles. The van der Waals surface area contributed by atoms with E-state index in [0.29, 0.717) is 22.9 Å². The van der Waals surface area contributed by atoms with Crippen LogP contribution in [0.3, 0.4) is 0 Å². The summed E-state index contributed by atoms with van der Waals surface area (Å²) in [7, 11) is 2.97. The average molecular weight is 447 g/mol. The molecule has 3 amide bonds. The first-order valence-corrected chi connectivity index (χ1v) is 10.3. The number of allylic oxidation sites excluding steroid dienone is 3. The molecule has 1 aliphatic carbocycles. The number of hydrogen-bond donors (Lipinski definition) is 0. The lowest BCUT2D eigenvalue weighted by Gasteiger charge is -2.26. The number of benzene rings is 2. The topological polar surface area (TPSA) is 85.1 Å². The highest BCUT2D eigenvalue weighted by atomic mass is 16.5. The molecule has 0 N–H and O–H groups in total. The fraction of sp³-hybridized carbons (Fsp3) is 0.200. The van der Waals surface area contributed by atoms with Crippen LogP contribution in [0, 0.1) is 5.92 Å². The standard InChI is InChI=1S/C25H23N2O6/c1-31-21-13-12-18(14-22(21)32-2)27-24(29)19-10-6-7-11-20(19)26(25(27)30)15-23(28)33-16-17-8-4-3-5-9-17/h3-14,19H,15-16H2,1-2H3/q+1. The van der Waals surface area contributed by atoms with Gasteiger partial charge in [0.05, 0.1) is 14.2 Å². The lowest BCUT2D eigenvalue weighted by Crippen LogP contribution is -2.55. The molecule has 0 fully saturated rings. The molecule has 33 heavy (non-hydrogen) atoms. The van der Waals surface area contributed by atoms with Gasteiger partial charge in [0, 0.05) is 6.07 Å². The van der Waals surface area contributed by atoms with Crippen molar-refractivity contribution in [1.29, 1.82) is 0 Å². The molecule has 0 bridgehead atoms. The number of esters is 1. The second-order valence-corrected chi connectivity index (χ2v) is 7.37. The van der Waals surface area contributed by atoms with Crippen LogP contribution >= 0.6 is 0 Å². The van der Waals surface area contributed by atoms with Crippen LogP contribution < -0.4 is 14.4 Å². The molecule has 1 aliphatic heterocycles. The lowest BCUT2D eigenvalue weighted by molar-refractivity contribution is -0.420. The van der Waals surface area contributed by atoms with Crippen molar-refractivity contribution < 1.29 is 33.2 Å². The van der Waals surface area contributed by atoms with Crippen molar-refractivity contribution in [2.45, 2.75) is 6.61 Å². The molecule has 1 unspecified atom stereocenters. The Bertz CT molecular complexity index is 1180. The van der Waals surface area contributed by atoms with E-state index in [2.05, 4.69) is 0 Å². The normalized spacial score (nSPS) is 17.2. The maximum absolute atomic E-state index is 13.4. The highest BCUT2D eigenvalue weighted by Crippen LogP contribution is 2.33. The number of methoxy groups -OCH3 is 2. The summed E-state index contributed by atoms with van der Waals surface area (Å²) in [5.41, 5.74) is 1.58. The van der Waals surface area contributed by atoms with Crippen LogP contribution in [-0.4, -0.2) is 49.0 Å². The van der Waals surface area contributed by atoms with Crippen molar-refractivity contribution in [3.05, 3.63) is 78.4 Å². The smallest absolute Gasteiger partial charge is 0.493 e. The first-order valence-electron chi connectivity index (χ1n) is 10.3. The number of fused-ring (bicyclic) bond motifs is 1. The summed E-state index contributed by atoms with van der Waals surface area (Å²) in [6, 6.07) is 13.4. The summed E-state index contributed by atoms with van der Waals surface area (Å²) in [5.74, 6) is -0.868. The Morgan fingerprint density at radius 2 is 1.76 bits per heavy atom. The zero-order valence-corrected chi connectivity index (χ0v) is 18.3. The van der Waals surface area contributed by atoms with Gasteiger partial charge < -0.3 is 14.2 Å². The minimum absolute atomic E-state index is 0.0918. The van der Waals surface area contributed by atoms with Gasteiger partial charge in [-0.3, -0.25) is 0 Å². The molecule has 8 heteroatoms. The van der Waals surface area contributed by atoms with Gasteiger partial charge in [-0.25, -0.2) is 9.59 Å². The average Bonchev–Trinajstić information content (AvgIpc) is 2.86. The largest absolute Gasteiger partial charge is 0.506 e. The molecule has 0 spiro atoms. The van der Waals surface area contributed by atoms with E-state index in [4.69, 9.17) is 14.2 Å². The number of rotatable bonds is 7. The summed E-state index contributed by atoms with van der Waals surface area (Å²) in [6.45, 7) is -0.235. The van der Waals surface area contributed by atoms with Crippen molar-refractivity contribution in [3.8, 4) is 11.5 Å². The van der Waals surface area contributed by atoms with Crippen LogP contribution in [0.4, 0.5) is 10.5 Å². The summed E-state index contributed by atoms with van der Waals surface area (Å²) >= 11 is 0. The van der Waals surface area contributed by atoms with E-state index < -0.39 is 23.8 Å². The van der Waals surface area contributed by atoms with E-state index >= 15 is 0 Å². The number of anilines is 1. The Morgan fingerprint density at radius 3 is 2.48 bits per heavy atom. The van der Waals surface area contributed by atoms with E-state index in [0.717, 1.165) is 10.5 Å². The molecule has 0 radical (unpaired) electrons. The molecule has 1 atom stereocenters. The Kier molecular flexibility index (Phi) is 6.35. The van der Waals surface area contributed by atoms with Crippen molar-refractivity contribution in [3.63, 3.8) is 0 Å². The summed E-state index contributed by atoms with van der Waals surface area (Å²) in [5, 5.41) is 0. The predicted molar refractivity (Wildman–Crippen MR) is 121 cm³/mol. The quantitative estimate of drug-likeness (QED) is 0.479. The number of imide groups is 1.